The highest BCUT2D eigenvalue weighted by Gasteiger charge is 2.28. The van der Waals surface area contributed by atoms with E-state index in [1.807, 2.05) is 36.4 Å². The molecule has 0 saturated carbocycles. The molecule has 3 aromatic carbocycles. The number of hydrogen-bond donors (Lipinski definition) is 1. The van der Waals surface area contributed by atoms with Crippen molar-refractivity contribution in [3.8, 4) is 22.6 Å². The molecule has 0 bridgehead atoms. The van der Waals surface area contributed by atoms with Crippen molar-refractivity contribution in [1.29, 1.82) is 0 Å². The smallest absolute Gasteiger partial charge is 0.407 e. The second-order valence-electron chi connectivity index (χ2n) is 7.61. The molecular formula is C27H25NO5. The van der Waals surface area contributed by atoms with Crippen molar-refractivity contribution >= 4 is 18.1 Å². The second-order valence-corrected chi connectivity index (χ2v) is 7.61. The molecule has 0 unspecified atom stereocenters. The number of carbonyl (C=O) groups is 2. The van der Waals surface area contributed by atoms with Crippen LogP contribution in [0.1, 0.15) is 29.5 Å². The van der Waals surface area contributed by atoms with Gasteiger partial charge in [0.1, 0.15) is 6.61 Å². The second kappa shape index (κ2) is 10.0. The first-order valence-corrected chi connectivity index (χ1v) is 10.7. The summed E-state index contributed by atoms with van der Waals surface area (Å²) in [6.07, 6.45) is 3.18. The van der Waals surface area contributed by atoms with Gasteiger partial charge in [-0.2, -0.15) is 0 Å². The third-order valence-corrected chi connectivity index (χ3v) is 5.46. The number of carbonyl (C=O) groups excluding carboxylic acids is 2. The first-order chi connectivity index (χ1) is 16.1. The fraction of sp³-hybridized carbons (Fsp3) is 0.185. The van der Waals surface area contributed by atoms with Crippen molar-refractivity contribution in [3.05, 3.63) is 89.5 Å². The maximum atomic E-state index is 12.2. The van der Waals surface area contributed by atoms with Crippen molar-refractivity contribution in [2.45, 2.75) is 12.8 Å². The van der Waals surface area contributed by atoms with Crippen LogP contribution in [0.15, 0.2) is 72.8 Å². The Morgan fingerprint density at radius 1 is 0.939 bits per heavy atom. The zero-order chi connectivity index (χ0) is 23.2. The average Bonchev–Trinajstić information content (AvgIpc) is 3.14. The molecule has 0 atom stereocenters. The quantitative estimate of drug-likeness (QED) is 0.403. The van der Waals surface area contributed by atoms with E-state index in [1.54, 1.807) is 18.2 Å². The van der Waals surface area contributed by atoms with Gasteiger partial charge in [0.15, 0.2) is 11.5 Å². The maximum absolute atomic E-state index is 12.2. The first-order valence-electron chi connectivity index (χ1n) is 10.7. The lowest BCUT2D eigenvalue weighted by molar-refractivity contribution is -0.132. The maximum Gasteiger partial charge on any atom is 0.407 e. The highest BCUT2D eigenvalue weighted by molar-refractivity contribution is 5.79. The van der Waals surface area contributed by atoms with Crippen molar-refractivity contribution in [2.75, 3.05) is 20.3 Å². The number of methoxy groups -OCH3 is 1. The van der Waals surface area contributed by atoms with Gasteiger partial charge in [-0.25, -0.2) is 4.79 Å². The number of benzene rings is 3. The van der Waals surface area contributed by atoms with E-state index in [1.165, 1.54) is 36.3 Å². The molecule has 1 aliphatic rings. The summed E-state index contributed by atoms with van der Waals surface area (Å²) in [5, 5.41) is 2.74. The van der Waals surface area contributed by atoms with Crippen molar-refractivity contribution < 1.29 is 23.8 Å². The molecule has 33 heavy (non-hydrogen) atoms. The Morgan fingerprint density at radius 3 is 2.24 bits per heavy atom. The summed E-state index contributed by atoms with van der Waals surface area (Å²) in [4.78, 5) is 23.4. The molecule has 1 amide bonds. The minimum Gasteiger partial charge on any atom is -0.493 e. The number of ether oxygens (including phenoxy) is 3. The fourth-order valence-electron chi connectivity index (χ4n) is 4.01. The van der Waals surface area contributed by atoms with Crippen LogP contribution in [0.5, 0.6) is 11.5 Å². The summed E-state index contributed by atoms with van der Waals surface area (Å²) in [5.41, 5.74) is 5.59. The lowest BCUT2D eigenvalue weighted by Crippen LogP contribution is -2.26. The SMILES string of the molecule is COc1cc(C=CCNC(=O)OCC2c3ccccc3-c3ccccc32)ccc1OC(C)=O. The Hall–Kier alpha value is -4.06. The van der Waals surface area contributed by atoms with Crippen LogP contribution in [0.25, 0.3) is 17.2 Å². The van der Waals surface area contributed by atoms with Crippen LogP contribution < -0.4 is 14.8 Å². The van der Waals surface area contributed by atoms with E-state index < -0.39 is 12.1 Å². The van der Waals surface area contributed by atoms with Crippen molar-refractivity contribution in [2.24, 2.45) is 0 Å². The van der Waals surface area contributed by atoms with E-state index in [0.717, 1.165) is 5.56 Å². The molecule has 0 radical (unpaired) electrons. The Labute approximate surface area is 192 Å². The summed E-state index contributed by atoms with van der Waals surface area (Å²) >= 11 is 0. The third kappa shape index (κ3) is 5.06. The Morgan fingerprint density at radius 2 is 1.61 bits per heavy atom. The zero-order valence-electron chi connectivity index (χ0n) is 18.5. The summed E-state index contributed by atoms with van der Waals surface area (Å²) in [6, 6.07) is 21.7. The summed E-state index contributed by atoms with van der Waals surface area (Å²) in [7, 11) is 1.51. The topological polar surface area (TPSA) is 73.9 Å². The molecule has 0 aliphatic heterocycles. The highest BCUT2D eigenvalue weighted by Crippen LogP contribution is 2.44. The Kier molecular flexibility index (Phi) is 6.74. The lowest BCUT2D eigenvalue weighted by Gasteiger charge is -2.14. The van der Waals surface area contributed by atoms with Gasteiger partial charge in [-0.1, -0.05) is 66.7 Å². The number of alkyl carbamates (subject to hydrolysis) is 1. The predicted molar refractivity (Wildman–Crippen MR) is 126 cm³/mol. The monoisotopic (exact) mass is 443 g/mol. The highest BCUT2D eigenvalue weighted by atomic mass is 16.6. The molecule has 6 nitrogen and oxygen atoms in total. The third-order valence-electron chi connectivity index (χ3n) is 5.46. The zero-order valence-corrected chi connectivity index (χ0v) is 18.5. The molecule has 168 valence electrons. The van der Waals surface area contributed by atoms with E-state index in [-0.39, 0.29) is 12.5 Å². The molecule has 0 spiro atoms. The molecule has 1 aliphatic carbocycles. The van der Waals surface area contributed by atoms with Crippen molar-refractivity contribution in [3.63, 3.8) is 0 Å². The number of hydrogen-bond acceptors (Lipinski definition) is 5. The van der Waals surface area contributed by atoms with Gasteiger partial charge in [-0.05, 0) is 39.9 Å². The van der Waals surface area contributed by atoms with Gasteiger partial charge in [-0.15, -0.1) is 0 Å². The first kappa shape index (κ1) is 22.1. The van der Waals surface area contributed by atoms with Gasteiger partial charge in [-0.3, -0.25) is 4.79 Å². The molecule has 0 heterocycles. The number of nitrogens with one attached hydrogen (secondary N) is 1. The number of esters is 1. The summed E-state index contributed by atoms with van der Waals surface area (Å²) < 4.78 is 15.9. The fourth-order valence-corrected chi connectivity index (χ4v) is 4.01. The Bertz CT molecular complexity index is 1160. The van der Waals surface area contributed by atoms with Gasteiger partial charge in [0, 0.05) is 19.4 Å². The largest absolute Gasteiger partial charge is 0.493 e. The van der Waals surface area contributed by atoms with E-state index in [0.29, 0.717) is 18.0 Å². The normalized spacial score (nSPS) is 12.2. The van der Waals surface area contributed by atoms with Crippen molar-refractivity contribution in [1.82, 2.24) is 5.32 Å². The van der Waals surface area contributed by atoms with Gasteiger partial charge < -0.3 is 19.5 Å². The van der Waals surface area contributed by atoms with E-state index in [9.17, 15) is 9.59 Å². The number of rotatable bonds is 7. The number of fused-ring (bicyclic) bond motifs is 3. The molecule has 0 aromatic heterocycles. The van der Waals surface area contributed by atoms with E-state index in [2.05, 4.69) is 29.6 Å². The van der Waals surface area contributed by atoms with Crippen LogP contribution in [-0.2, 0) is 9.53 Å². The molecule has 6 heteroatoms. The van der Waals surface area contributed by atoms with E-state index >= 15 is 0 Å². The predicted octanol–water partition coefficient (Wildman–Crippen LogP) is 5.17. The molecule has 4 rings (SSSR count). The van der Waals surface area contributed by atoms with Gasteiger partial charge in [0.05, 0.1) is 7.11 Å². The summed E-state index contributed by atoms with van der Waals surface area (Å²) in [5.74, 6) is 0.432. The molecule has 3 aromatic rings. The molecular weight excluding hydrogens is 418 g/mol. The lowest BCUT2D eigenvalue weighted by atomic mass is 9.98. The number of amides is 1. The average molecular weight is 443 g/mol. The van der Waals surface area contributed by atoms with Gasteiger partial charge in [0.2, 0.25) is 0 Å². The molecule has 1 N–H and O–H groups in total. The molecule has 0 saturated heterocycles. The minimum absolute atomic E-state index is 0.0295. The van der Waals surface area contributed by atoms with Crippen LogP contribution in [-0.4, -0.2) is 32.3 Å². The van der Waals surface area contributed by atoms with Crippen LogP contribution in [0.3, 0.4) is 0 Å². The van der Waals surface area contributed by atoms with Crippen LogP contribution in [0, 0.1) is 0 Å². The summed E-state index contributed by atoms with van der Waals surface area (Å²) in [6.45, 7) is 1.92. The standard InChI is InChI=1S/C27H25NO5/c1-18(29)33-25-14-13-19(16-26(25)31-2)8-7-15-28-27(30)32-17-24-22-11-5-3-9-20(22)21-10-4-6-12-23(21)24/h3-14,16,24H,15,17H2,1-2H3,(H,28,30). The van der Waals surface area contributed by atoms with Crippen LogP contribution >= 0.6 is 0 Å². The van der Waals surface area contributed by atoms with Gasteiger partial charge in [0.25, 0.3) is 0 Å². The van der Waals surface area contributed by atoms with E-state index in [4.69, 9.17) is 14.2 Å². The van der Waals surface area contributed by atoms with Crippen LogP contribution in [0.4, 0.5) is 4.79 Å². The van der Waals surface area contributed by atoms with Crippen LogP contribution in [0.2, 0.25) is 0 Å². The van der Waals surface area contributed by atoms with Gasteiger partial charge >= 0.3 is 12.1 Å². The Balaban J connectivity index is 1.31. The molecule has 0 fully saturated rings. The minimum atomic E-state index is -0.468.